The van der Waals surface area contributed by atoms with Gasteiger partial charge < -0.3 is 11.1 Å². The van der Waals surface area contributed by atoms with Crippen LogP contribution >= 0.6 is 27.3 Å². The van der Waals surface area contributed by atoms with Gasteiger partial charge in [-0.3, -0.25) is 4.79 Å². The highest BCUT2D eigenvalue weighted by Gasteiger charge is 2.37. The van der Waals surface area contributed by atoms with Gasteiger partial charge in [-0.05, 0) is 52.2 Å². The van der Waals surface area contributed by atoms with Gasteiger partial charge in [0.2, 0.25) is 5.91 Å². The standard InChI is InChI=1S/C12H17BrN2OS/c13-9-2-5-17-10(9)7-15-11(16)6-12(8-14)3-1-4-12/h2,5H,1,3-4,6-8,14H2,(H,15,16). The van der Waals surface area contributed by atoms with Crippen LogP contribution in [0.4, 0.5) is 0 Å². The second-order valence-electron chi connectivity index (χ2n) is 4.70. The molecule has 0 saturated heterocycles. The molecule has 17 heavy (non-hydrogen) atoms. The molecular weight excluding hydrogens is 300 g/mol. The normalized spacial score (nSPS) is 17.5. The van der Waals surface area contributed by atoms with Crippen LogP contribution < -0.4 is 11.1 Å². The lowest BCUT2D eigenvalue weighted by Crippen LogP contribution is -2.41. The summed E-state index contributed by atoms with van der Waals surface area (Å²) in [4.78, 5) is 13.0. The molecular formula is C12H17BrN2OS. The van der Waals surface area contributed by atoms with Gasteiger partial charge in [0, 0.05) is 15.8 Å². The molecule has 2 rings (SSSR count). The van der Waals surface area contributed by atoms with E-state index in [0.717, 1.165) is 22.2 Å². The van der Waals surface area contributed by atoms with E-state index in [1.807, 2.05) is 11.4 Å². The van der Waals surface area contributed by atoms with Crippen molar-refractivity contribution in [3.63, 3.8) is 0 Å². The first-order chi connectivity index (χ1) is 8.15. The fourth-order valence-corrected chi connectivity index (χ4v) is 3.60. The second-order valence-corrected chi connectivity index (χ2v) is 6.56. The summed E-state index contributed by atoms with van der Waals surface area (Å²) in [5.41, 5.74) is 5.84. The van der Waals surface area contributed by atoms with Crippen molar-refractivity contribution < 1.29 is 4.79 Å². The van der Waals surface area contributed by atoms with Gasteiger partial charge in [0.05, 0.1) is 6.54 Å². The van der Waals surface area contributed by atoms with Crippen LogP contribution in [0, 0.1) is 5.41 Å². The highest BCUT2D eigenvalue weighted by Crippen LogP contribution is 2.42. The Morgan fingerprint density at radius 1 is 1.59 bits per heavy atom. The number of carbonyl (C=O) groups excluding carboxylic acids is 1. The van der Waals surface area contributed by atoms with Crippen LogP contribution in [0.15, 0.2) is 15.9 Å². The van der Waals surface area contributed by atoms with Crippen molar-refractivity contribution in [2.75, 3.05) is 6.54 Å². The lowest BCUT2D eigenvalue weighted by Gasteiger charge is -2.40. The molecule has 1 aromatic heterocycles. The summed E-state index contributed by atoms with van der Waals surface area (Å²) in [7, 11) is 0. The third kappa shape index (κ3) is 3.09. The molecule has 0 aromatic carbocycles. The Balaban J connectivity index is 1.80. The summed E-state index contributed by atoms with van der Waals surface area (Å²) in [6.45, 7) is 1.24. The van der Waals surface area contributed by atoms with Gasteiger partial charge in [-0.1, -0.05) is 6.42 Å². The zero-order valence-electron chi connectivity index (χ0n) is 9.67. The topological polar surface area (TPSA) is 55.1 Å². The van der Waals surface area contributed by atoms with Crippen molar-refractivity contribution in [1.29, 1.82) is 0 Å². The minimum absolute atomic E-state index is 0.0940. The Hall–Kier alpha value is -0.390. The molecule has 0 unspecified atom stereocenters. The predicted molar refractivity (Wildman–Crippen MR) is 73.8 cm³/mol. The molecule has 5 heteroatoms. The molecule has 0 spiro atoms. The number of hydrogen-bond donors (Lipinski definition) is 2. The molecule has 94 valence electrons. The van der Waals surface area contributed by atoms with E-state index >= 15 is 0 Å². The largest absolute Gasteiger partial charge is 0.351 e. The third-order valence-corrected chi connectivity index (χ3v) is 5.45. The maximum Gasteiger partial charge on any atom is 0.220 e. The predicted octanol–water partition coefficient (Wildman–Crippen LogP) is 2.65. The number of halogens is 1. The average molecular weight is 317 g/mol. The van der Waals surface area contributed by atoms with E-state index in [4.69, 9.17) is 5.73 Å². The molecule has 1 amide bonds. The highest BCUT2D eigenvalue weighted by atomic mass is 79.9. The lowest BCUT2D eigenvalue weighted by molar-refractivity contribution is -0.124. The number of amides is 1. The van der Waals surface area contributed by atoms with Crippen LogP contribution in [-0.2, 0) is 11.3 Å². The van der Waals surface area contributed by atoms with Gasteiger partial charge in [0.15, 0.2) is 0 Å². The fraction of sp³-hybridized carbons (Fsp3) is 0.583. The number of hydrogen-bond acceptors (Lipinski definition) is 3. The van der Waals surface area contributed by atoms with Gasteiger partial charge in [-0.2, -0.15) is 0 Å². The van der Waals surface area contributed by atoms with Crippen LogP contribution in [0.3, 0.4) is 0 Å². The summed E-state index contributed by atoms with van der Waals surface area (Å²) < 4.78 is 1.07. The minimum atomic E-state index is 0.0940. The van der Waals surface area contributed by atoms with Crippen molar-refractivity contribution in [2.24, 2.45) is 11.1 Å². The summed E-state index contributed by atoms with van der Waals surface area (Å²) in [5, 5.41) is 4.98. The molecule has 1 aromatic rings. The molecule has 3 nitrogen and oxygen atoms in total. The first-order valence-corrected chi connectivity index (χ1v) is 7.51. The first kappa shape index (κ1) is 13.1. The van der Waals surface area contributed by atoms with Crippen LogP contribution in [0.2, 0.25) is 0 Å². The maximum atomic E-state index is 11.8. The van der Waals surface area contributed by atoms with E-state index in [1.165, 1.54) is 6.42 Å². The van der Waals surface area contributed by atoms with Crippen molar-refractivity contribution >= 4 is 33.2 Å². The molecule has 1 heterocycles. The molecule has 1 aliphatic carbocycles. The molecule has 0 aliphatic heterocycles. The molecule has 1 fully saturated rings. The molecule has 0 radical (unpaired) electrons. The first-order valence-electron chi connectivity index (χ1n) is 5.84. The third-order valence-electron chi connectivity index (χ3n) is 3.52. The smallest absolute Gasteiger partial charge is 0.220 e. The Bertz CT molecular complexity index is 395. The van der Waals surface area contributed by atoms with E-state index in [9.17, 15) is 4.79 Å². The monoisotopic (exact) mass is 316 g/mol. The number of thiophene rings is 1. The van der Waals surface area contributed by atoms with E-state index < -0.39 is 0 Å². The molecule has 0 bridgehead atoms. The van der Waals surface area contributed by atoms with Crippen LogP contribution in [-0.4, -0.2) is 12.5 Å². The van der Waals surface area contributed by atoms with Crippen LogP contribution in [0.1, 0.15) is 30.6 Å². The summed E-state index contributed by atoms with van der Waals surface area (Å²) in [6, 6.07) is 2.00. The quantitative estimate of drug-likeness (QED) is 0.877. The SMILES string of the molecule is NCC1(CC(=O)NCc2sccc2Br)CCC1. The molecule has 0 atom stereocenters. The summed E-state index contributed by atoms with van der Waals surface area (Å²) in [5.74, 6) is 0.121. The zero-order valence-corrected chi connectivity index (χ0v) is 12.1. The lowest BCUT2D eigenvalue weighted by atomic mass is 9.66. The number of carbonyl (C=O) groups is 1. The van der Waals surface area contributed by atoms with Gasteiger partial charge in [-0.25, -0.2) is 0 Å². The summed E-state index contributed by atoms with van der Waals surface area (Å²) in [6.07, 6.45) is 3.98. The van der Waals surface area contributed by atoms with Gasteiger partial charge >= 0.3 is 0 Å². The Morgan fingerprint density at radius 3 is 2.82 bits per heavy atom. The van der Waals surface area contributed by atoms with E-state index in [1.54, 1.807) is 11.3 Å². The Kier molecular flexibility index (Phi) is 4.22. The minimum Gasteiger partial charge on any atom is -0.351 e. The fourth-order valence-electron chi connectivity index (χ4n) is 2.16. The average Bonchev–Trinajstić information content (AvgIpc) is 2.67. The maximum absolute atomic E-state index is 11.8. The van der Waals surface area contributed by atoms with Gasteiger partial charge in [0.25, 0.3) is 0 Å². The van der Waals surface area contributed by atoms with Gasteiger partial charge in [-0.15, -0.1) is 11.3 Å². The molecule has 1 aliphatic rings. The number of nitrogens with one attached hydrogen (secondary N) is 1. The van der Waals surface area contributed by atoms with Crippen molar-refractivity contribution in [2.45, 2.75) is 32.2 Å². The number of rotatable bonds is 5. The zero-order chi connectivity index (χ0) is 12.3. The van der Waals surface area contributed by atoms with Gasteiger partial charge in [0.1, 0.15) is 0 Å². The molecule has 1 saturated carbocycles. The Morgan fingerprint density at radius 2 is 2.35 bits per heavy atom. The second kappa shape index (κ2) is 5.50. The van der Waals surface area contributed by atoms with E-state index in [2.05, 4.69) is 21.2 Å². The Labute approximate surface area is 114 Å². The van der Waals surface area contributed by atoms with E-state index in [-0.39, 0.29) is 11.3 Å². The van der Waals surface area contributed by atoms with Crippen LogP contribution in [0.25, 0.3) is 0 Å². The van der Waals surface area contributed by atoms with Crippen molar-refractivity contribution in [1.82, 2.24) is 5.32 Å². The van der Waals surface area contributed by atoms with Crippen molar-refractivity contribution in [3.8, 4) is 0 Å². The van der Waals surface area contributed by atoms with Crippen molar-refractivity contribution in [3.05, 3.63) is 20.8 Å². The van der Waals surface area contributed by atoms with Crippen LogP contribution in [0.5, 0.6) is 0 Å². The van der Waals surface area contributed by atoms with E-state index in [0.29, 0.717) is 19.5 Å². The summed E-state index contributed by atoms with van der Waals surface area (Å²) >= 11 is 5.10. The molecule has 3 N–H and O–H groups in total. The number of nitrogens with two attached hydrogens (primary N) is 1. The highest BCUT2D eigenvalue weighted by molar-refractivity contribution is 9.10.